The Bertz CT molecular complexity index is 909. The third-order valence-corrected chi connectivity index (χ3v) is 5.67. The standard InChI is InChI=1S/C25H32ClN3O3/c1-17(2)32-21-11-8-18(9-12-21)15-27-16-24(30)28-20-10-13-23(26)22(14-20)25(31)29-19-6-4-3-5-7-19/h8-14,17,19,27H,3-7,15-16H2,1-2H3,(H,28,30)(H,29,31). The molecular weight excluding hydrogens is 426 g/mol. The summed E-state index contributed by atoms with van der Waals surface area (Å²) in [5.41, 5.74) is 1.99. The van der Waals surface area contributed by atoms with Crippen molar-refractivity contribution in [1.29, 1.82) is 0 Å². The fraction of sp³-hybridized carbons (Fsp3) is 0.440. The largest absolute Gasteiger partial charge is 0.491 e. The molecule has 7 heteroatoms. The Hall–Kier alpha value is -2.57. The van der Waals surface area contributed by atoms with E-state index in [1.807, 2.05) is 38.1 Å². The van der Waals surface area contributed by atoms with Gasteiger partial charge < -0.3 is 20.7 Å². The summed E-state index contributed by atoms with van der Waals surface area (Å²) in [6, 6.07) is 13.0. The van der Waals surface area contributed by atoms with E-state index in [1.54, 1.807) is 18.2 Å². The van der Waals surface area contributed by atoms with Crippen LogP contribution in [0.4, 0.5) is 5.69 Å². The minimum atomic E-state index is -0.194. The Balaban J connectivity index is 1.48. The number of carbonyl (C=O) groups is 2. The van der Waals surface area contributed by atoms with Crippen LogP contribution in [0.1, 0.15) is 61.9 Å². The molecule has 1 aliphatic carbocycles. The maximum Gasteiger partial charge on any atom is 0.253 e. The molecule has 0 unspecified atom stereocenters. The number of halogens is 1. The van der Waals surface area contributed by atoms with E-state index >= 15 is 0 Å². The van der Waals surface area contributed by atoms with Crippen LogP contribution in [-0.4, -0.2) is 30.5 Å². The topological polar surface area (TPSA) is 79.5 Å². The van der Waals surface area contributed by atoms with Crippen molar-refractivity contribution in [2.45, 2.75) is 64.6 Å². The molecule has 32 heavy (non-hydrogen) atoms. The molecule has 1 fully saturated rings. The van der Waals surface area contributed by atoms with Gasteiger partial charge in [0.1, 0.15) is 5.75 Å². The molecule has 0 heterocycles. The quantitative estimate of drug-likeness (QED) is 0.499. The molecule has 0 aliphatic heterocycles. The Morgan fingerprint density at radius 3 is 2.47 bits per heavy atom. The van der Waals surface area contributed by atoms with Crippen molar-refractivity contribution in [2.75, 3.05) is 11.9 Å². The first-order valence-electron chi connectivity index (χ1n) is 11.3. The second-order valence-electron chi connectivity index (χ2n) is 8.47. The number of rotatable bonds is 9. The van der Waals surface area contributed by atoms with Crippen molar-refractivity contribution in [2.24, 2.45) is 0 Å². The fourth-order valence-corrected chi connectivity index (χ4v) is 3.97. The molecule has 2 aromatic rings. The molecule has 0 atom stereocenters. The highest BCUT2D eigenvalue weighted by Gasteiger charge is 2.19. The zero-order valence-corrected chi connectivity index (χ0v) is 19.5. The number of ether oxygens (including phenoxy) is 1. The average molecular weight is 458 g/mol. The van der Waals surface area contributed by atoms with Gasteiger partial charge in [0.2, 0.25) is 5.91 Å². The van der Waals surface area contributed by atoms with Gasteiger partial charge in [-0.1, -0.05) is 43.0 Å². The molecule has 3 rings (SSSR count). The number of amides is 2. The van der Waals surface area contributed by atoms with E-state index in [0.29, 0.717) is 22.8 Å². The number of nitrogens with one attached hydrogen (secondary N) is 3. The summed E-state index contributed by atoms with van der Waals surface area (Å²) >= 11 is 6.24. The van der Waals surface area contributed by atoms with Crippen molar-refractivity contribution in [3.05, 3.63) is 58.6 Å². The molecule has 0 bridgehead atoms. The summed E-state index contributed by atoms with van der Waals surface area (Å²) in [5.74, 6) is 0.444. The highest BCUT2D eigenvalue weighted by molar-refractivity contribution is 6.34. The summed E-state index contributed by atoms with van der Waals surface area (Å²) in [6.07, 6.45) is 5.63. The number of carbonyl (C=O) groups excluding carboxylic acids is 2. The van der Waals surface area contributed by atoms with Crippen LogP contribution in [0.25, 0.3) is 0 Å². The molecule has 1 aliphatic rings. The Labute approximate surface area is 195 Å². The smallest absolute Gasteiger partial charge is 0.253 e. The van der Waals surface area contributed by atoms with E-state index in [9.17, 15) is 9.59 Å². The van der Waals surface area contributed by atoms with Crippen LogP contribution < -0.4 is 20.7 Å². The van der Waals surface area contributed by atoms with Gasteiger partial charge in [-0.2, -0.15) is 0 Å². The lowest BCUT2D eigenvalue weighted by atomic mass is 9.95. The SMILES string of the molecule is CC(C)Oc1ccc(CNCC(=O)Nc2ccc(Cl)c(C(=O)NC3CCCCC3)c2)cc1. The average Bonchev–Trinajstić information content (AvgIpc) is 2.76. The van der Waals surface area contributed by atoms with Gasteiger partial charge in [-0.05, 0) is 62.6 Å². The normalized spacial score (nSPS) is 14.2. The Morgan fingerprint density at radius 2 is 1.78 bits per heavy atom. The molecule has 1 saturated carbocycles. The van der Waals surface area contributed by atoms with E-state index in [-0.39, 0.29) is 30.5 Å². The predicted molar refractivity (Wildman–Crippen MR) is 128 cm³/mol. The van der Waals surface area contributed by atoms with Crippen LogP contribution in [0.15, 0.2) is 42.5 Å². The summed E-state index contributed by atoms with van der Waals surface area (Å²) in [7, 11) is 0. The molecule has 3 N–H and O–H groups in total. The molecule has 6 nitrogen and oxygen atoms in total. The summed E-state index contributed by atoms with van der Waals surface area (Å²) < 4.78 is 5.63. The van der Waals surface area contributed by atoms with E-state index in [0.717, 1.165) is 37.0 Å². The van der Waals surface area contributed by atoms with Gasteiger partial charge in [-0.3, -0.25) is 9.59 Å². The highest BCUT2D eigenvalue weighted by Crippen LogP contribution is 2.23. The zero-order valence-electron chi connectivity index (χ0n) is 18.7. The number of benzene rings is 2. The van der Waals surface area contributed by atoms with Gasteiger partial charge in [0.05, 0.1) is 23.2 Å². The van der Waals surface area contributed by atoms with Crippen LogP contribution in [0.5, 0.6) is 5.75 Å². The van der Waals surface area contributed by atoms with Gasteiger partial charge in [-0.25, -0.2) is 0 Å². The first kappa shape index (κ1) is 24.1. The lowest BCUT2D eigenvalue weighted by Crippen LogP contribution is -2.36. The number of hydrogen-bond acceptors (Lipinski definition) is 4. The third kappa shape index (κ3) is 7.53. The predicted octanol–water partition coefficient (Wildman–Crippen LogP) is 4.92. The summed E-state index contributed by atoms with van der Waals surface area (Å²) in [4.78, 5) is 25.0. The van der Waals surface area contributed by atoms with Crippen LogP contribution in [0, 0.1) is 0 Å². The minimum Gasteiger partial charge on any atom is -0.491 e. The lowest BCUT2D eigenvalue weighted by molar-refractivity contribution is -0.115. The molecule has 0 radical (unpaired) electrons. The molecule has 2 aromatic carbocycles. The second kappa shape index (κ2) is 11.9. The maximum atomic E-state index is 12.7. The number of hydrogen-bond donors (Lipinski definition) is 3. The zero-order chi connectivity index (χ0) is 22.9. The van der Waals surface area contributed by atoms with Crippen molar-refractivity contribution in [3.8, 4) is 5.75 Å². The fourth-order valence-electron chi connectivity index (χ4n) is 3.77. The van der Waals surface area contributed by atoms with E-state index in [1.165, 1.54) is 6.42 Å². The summed E-state index contributed by atoms with van der Waals surface area (Å²) in [5, 5.41) is 9.39. The van der Waals surface area contributed by atoms with Crippen molar-refractivity contribution in [1.82, 2.24) is 10.6 Å². The van der Waals surface area contributed by atoms with Crippen molar-refractivity contribution >= 4 is 29.1 Å². The molecule has 0 aromatic heterocycles. The molecular formula is C25H32ClN3O3. The molecule has 2 amide bonds. The molecule has 0 spiro atoms. The number of anilines is 1. The van der Waals surface area contributed by atoms with E-state index in [2.05, 4.69) is 16.0 Å². The first-order chi connectivity index (χ1) is 15.4. The van der Waals surface area contributed by atoms with Crippen LogP contribution in [0.2, 0.25) is 5.02 Å². The summed E-state index contributed by atoms with van der Waals surface area (Å²) in [6.45, 7) is 4.68. The molecule has 0 saturated heterocycles. The van der Waals surface area contributed by atoms with Crippen LogP contribution >= 0.6 is 11.6 Å². The monoisotopic (exact) mass is 457 g/mol. The molecule has 172 valence electrons. The second-order valence-corrected chi connectivity index (χ2v) is 8.87. The minimum absolute atomic E-state index is 0.134. The van der Waals surface area contributed by atoms with Gasteiger partial charge in [0.25, 0.3) is 5.91 Å². The van der Waals surface area contributed by atoms with Gasteiger partial charge in [0, 0.05) is 18.3 Å². The highest BCUT2D eigenvalue weighted by atomic mass is 35.5. The van der Waals surface area contributed by atoms with Gasteiger partial charge >= 0.3 is 0 Å². The van der Waals surface area contributed by atoms with Crippen LogP contribution in [-0.2, 0) is 11.3 Å². The van der Waals surface area contributed by atoms with E-state index < -0.39 is 0 Å². The van der Waals surface area contributed by atoms with Gasteiger partial charge in [0.15, 0.2) is 0 Å². The van der Waals surface area contributed by atoms with Gasteiger partial charge in [-0.15, -0.1) is 0 Å². The third-order valence-electron chi connectivity index (χ3n) is 5.34. The van der Waals surface area contributed by atoms with Crippen LogP contribution in [0.3, 0.4) is 0 Å². The van der Waals surface area contributed by atoms with Crippen molar-refractivity contribution < 1.29 is 14.3 Å². The Morgan fingerprint density at radius 1 is 1.06 bits per heavy atom. The maximum absolute atomic E-state index is 12.7. The lowest BCUT2D eigenvalue weighted by Gasteiger charge is -2.23. The first-order valence-corrected chi connectivity index (χ1v) is 11.6. The van der Waals surface area contributed by atoms with Crippen molar-refractivity contribution in [3.63, 3.8) is 0 Å². The Kier molecular flexibility index (Phi) is 8.94. The van der Waals surface area contributed by atoms with E-state index in [4.69, 9.17) is 16.3 Å².